The van der Waals surface area contributed by atoms with Crippen molar-refractivity contribution in [1.29, 1.82) is 0 Å². The maximum absolute atomic E-state index is 14.5. The van der Waals surface area contributed by atoms with Gasteiger partial charge in [-0.2, -0.15) is 0 Å². The first-order chi connectivity index (χ1) is 14.0. The highest BCUT2D eigenvalue weighted by atomic mass is 35.5. The van der Waals surface area contributed by atoms with E-state index in [1.807, 2.05) is 37.3 Å². The Morgan fingerprint density at radius 3 is 2.40 bits per heavy atom. The number of nitrogens with one attached hydrogen (secondary N) is 2. The standard InChI is InChI=1S/C24H31ClFN3S/c1-16-10-11-21(19(25)12-16)27-22(30)29(15-17-8-6-7-9-20(17)26)18-13-23(2,3)28-24(4,5)14-18/h6-12,18,28H,13-15H2,1-5H3,(H,27,30). The third kappa shape index (κ3) is 5.71. The van der Waals surface area contributed by atoms with Crippen LogP contribution in [0.25, 0.3) is 0 Å². The molecule has 0 radical (unpaired) electrons. The van der Waals surface area contributed by atoms with Gasteiger partial charge in [-0.15, -0.1) is 0 Å². The molecule has 162 valence electrons. The summed E-state index contributed by atoms with van der Waals surface area (Å²) in [6.07, 6.45) is 1.79. The van der Waals surface area contributed by atoms with Gasteiger partial charge in [0, 0.05) is 29.2 Å². The van der Waals surface area contributed by atoms with Crippen LogP contribution in [-0.4, -0.2) is 27.1 Å². The van der Waals surface area contributed by atoms with Crippen molar-refractivity contribution in [3.63, 3.8) is 0 Å². The van der Waals surface area contributed by atoms with E-state index in [1.54, 1.807) is 6.07 Å². The minimum Gasteiger partial charge on any atom is -0.341 e. The van der Waals surface area contributed by atoms with Gasteiger partial charge in [-0.25, -0.2) is 4.39 Å². The number of thiocarbonyl (C=S) groups is 1. The smallest absolute Gasteiger partial charge is 0.174 e. The third-order valence-corrected chi connectivity index (χ3v) is 6.18. The molecule has 1 fully saturated rings. The number of anilines is 1. The number of rotatable bonds is 4. The van der Waals surface area contributed by atoms with E-state index in [9.17, 15) is 4.39 Å². The Morgan fingerprint density at radius 2 is 1.80 bits per heavy atom. The molecule has 2 aromatic rings. The summed E-state index contributed by atoms with van der Waals surface area (Å²) in [6.45, 7) is 11.2. The summed E-state index contributed by atoms with van der Waals surface area (Å²) >= 11 is 12.3. The van der Waals surface area contributed by atoms with Gasteiger partial charge >= 0.3 is 0 Å². The maximum Gasteiger partial charge on any atom is 0.174 e. The lowest BCUT2D eigenvalue weighted by Gasteiger charge is -2.50. The molecular weight excluding hydrogens is 417 g/mol. The molecule has 0 amide bonds. The lowest BCUT2D eigenvalue weighted by atomic mass is 9.79. The van der Waals surface area contributed by atoms with Gasteiger partial charge in [0.05, 0.1) is 10.7 Å². The number of halogens is 2. The second kappa shape index (κ2) is 8.81. The predicted molar refractivity (Wildman–Crippen MR) is 129 cm³/mol. The summed E-state index contributed by atoms with van der Waals surface area (Å²) < 4.78 is 14.5. The van der Waals surface area contributed by atoms with Gasteiger partial charge in [0.1, 0.15) is 5.82 Å². The first kappa shape index (κ1) is 23.0. The number of hydrogen-bond donors (Lipinski definition) is 2. The zero-order chi connectivity index (χ0) is 22.1. The lowest BCUT2D eigenvalue weighted by molar-refractivity contribution is 0.101. The van der Waals surface area contributed by atoms with E-state index in [0.717, 1.165) is 24.1 Å². The average molecular weight is 448 g/mol. The molecule has 6 heteroatoms. The number of aryl methyl sites for hydroxylation is 1. The summed E-state index contributed by atoms with van der Waals surface area (Å²) in [4.78, 5) is 2.12. The zero-order valence-corrected chi connectivity index (χ0v) is 19.9. The van der Waals surface area contributed by atoms with Crippen molar-refractivity contribution in [3.05, 3.63) is 64.4 Å². The van der Waals surface area contributed by atoms with E-state index in [1.165, 1.54) is 6.07 Å². The average Bonchev–Trinajstić information content (AvgIpc) is 2.60. The van der Waals surface area contributed by atoms with Crippen molar-refractivity contribution in [2.24, 2.45) is 0 Å². The molecule has 0 spiro atoms. The van der Waals surface area contributed by atoms with E-state index < -0.39 is 0 Å². The molecular formula is C24H31ClFN3S. The van der Waals surface area contributed by atoms with Gasteiger partial charge in [-0.05, 0) is 83.4 Å². The first-order valence-corrected chi connectivity index (χ1v) is 11.1. The minimum absolute atomic E-state index is 0.0585. The molecule has 3 nitrogen and oxygen atoms in total. The van der Waals surface area contributed by atoms with Crippen molar-refractivity contribution >= 4 is 34.6 Å². The maximum atomic E-state index is 14.5. The second-order valence-electron chi connectivity index (χ2n) is 9.59. The van der Waals surface area contributed by atoms with Gasteiger partial charge in [-0.1, -0.05) is 35.9 Å². The predicted octanol–water partition coefficient (Wildman–Crippen LogP) is 6.30. The van der Waals surface area contributed by atoms with Crippen LogP contribution in [0.5, 0.6) is 0 Å². The van der Waals surface area contributed by atoms with Crippen molar-refractivity contribution in [2.45, 2.75) is 71.1 Å². The molecule has 2 N–H and O–H groups in total. The summed E-state index contributed by atoms with van der Waals surface area (Å²) in [5.41, 5.74) is 2.36. The fourth-order valence-electron chi connectivity index (χ4n) is 4.57. The van der Waals surface area contributed by atoms with Crippen molar-refractivity contribution in [2.75, 3.05) is 5.32 Å². The fraction of sp³-hybridized carbons (Fsp3) is 0.458. The molecule has 3 rings (SSSR count). The van der Waals surface area contributed by atoms with Gasteiger partial charge in [-0.3, -0.25) is 0 Å². The number of piperidine rings is 1. The molecule has 2 aromatic carbocycles. The van der Waals surface area contributed by atoms with Crippen molar-refractivity contribution in [1.82, 2.24) is 10.2 Å². The Hall–Kier alpha value is -1.69. The number of benzene rings is 2. The Labute approximate surface area is 190 Å². The first-order valence-electron chi connectivity index (χ1n) is 10.3. The van der Waals surface area contributed by atoms with Crippen LogP contribution in [0.15, 0.2) is 42.5 Å². The van der Waals surface area contributed by atoms with Crippen LogP contribution >= 0.6 is 23.8 Å². The Balaban J connectivity index is 1.92. The van der Waals surface area contributed by atoms with Gasteiger partial charge < -0.3 is 15.5 Å². The molecule has 30 heavy (non-hydrogen) atoms. The molecule has 1 aliphatic heterocycles. The zero-order valence-electron chi connectivity index (χ0n) is 18.4. The quantitative estimate of drug-likeness (QED) is 0.538. The van der Waals surface area contributed by atoms with Gasteiger partial charge in [0.2, 0.25) is 0 Å². The number of nitrogens with zero attached hydrogens (tertiary/aromatic N) is 1. The molecule has 1 aliphatic rings. The van der Waals surface area contributed by atoms with Crippen LogP contribution < -0.4 is 10.6 Å². The third-order valence-electron chi connectivity index (χ3n) is 5.53. The van der Waals surface area contributed by atoms with Gasteiger partial charge in [0.15, 0.2) is 5.11 Å². The number of hydrogen-bond acceptors (Lipinski definition) is 2. The summed E-state index contributed by atoms with van der Waals surface area (Å²) in [5.74, 6) is -0.217. The lowest BCUT2D eigenvalue weighted by Crippen LogP contribution is -2.63. The van der Waals surface area contributed by atoms with E-state index in [4.69, 9.17) is 23.8 Å². The largest absolute Gasteiger partial charge is 0.341 e. The van der Waals surface area contributed by atoms with E-state index in [0.29, 0.717) is 22.2 Å². The molecule has 0 atom stereocenters. The molecule has 0 aromatic heterocycles. The minimum atomic E-state index is -0.217. The highest BCUT2D eigenvalue weighted by molar-refractivity contribution is 7.80. The van der Waals surface area contributed by atoms with E-state index >= 15 is 0 Å². The van der Waals surface area contributed by atoms with E-state index in [-0.39, 0.29) is 22.9 Å². The molecule has 1 saturated heterocycles. The summed E-state index contributed by atoms with van der Waals surface area (Å²) in [5, 5.41) is 8.20. The second-order valence-corrected chi connectivity index (χ2v) is 10.4. The SMILES string of the molecule is Cc1ccc(NC(=S)N(Cc2ccccc2F)C2CC(C)(C)NC(C)(C)C2)c(Cl)c1. The van der Waals surface area contributed by atoms with Crippen molar-refractivity contribution in [3.8, 4) is 0 Å². The fourth-order valence-corrected chi connectivity index (χ4v) is 5.18. The van der Waals surface area contributed by atoms with Crippen LogP contribution in [0.1, 0.15) is 51.7 Å². The monoisotopic (exact) mass is 447 g/mol. The van der Waals surface area contributed by atoms with Crippen LogP contribution in [0.4, 0.5) is 10.1 Å². The van der Waals surface area contributed by atoms with Gasteiger partial charge in [0.25, 0.3) is 0 Å². The Bertz CT molecular complexity index is 912. The molecule has 0 saturated carbocycles. The highest BCUT2D eigenvalue weighted by Crippen LogP contribution is 2.33. The topological polar surface area (TPSA) is 27.3 Å². The summed E-state index contributed by atoms with van der Waals surface area (Å²) in [6, 6.07) is 12.9. The van der Waals surface area contributed by atoms with Crippen LogP contribution in [-0.2, 0) is 6.54 Å². The molecule has 1 heterocycles. The Morgan fingerprint density at radius 1 is 1.17 bits per heavy atom. The molecule has 0 unspecified atom stereocenters. The van der Waals surface area contributed by atoms with Crippen molar-refractivity contribution < 1.29 is 4.39 Å². The summed E-state index contributed by atoms with van der Waals surface area (Å²) in [7, 11) is 0. The van der Waals surface area contributed by atoms with Crippen LogP contribution in [0.2, 0.25) is 5.02 Å². The normalized spacial score (nSPS) is 18.1. The highest BCUT2D eigenvalue weighted by Gasteiger charge is 2.40. The van der Waals surface area contributed by atoms with Crippen LogP contribution in [0.3, 0.4) is 0 Å². The molecule has 0 aliphatic carbocycles. The van der Waals surface area contributed by atoms with Crippen LogP contribution in [0, 0.1) is 12.7 Å². The molecule has 0 bridgehead atoms. The van der Waals surface area contributed by atoms with E-state index in [2.05, 4.69) is 43.2 Å². The Kier molecular flexibility index (Phi) is 6.75.